The Balaban J connectivity index is 1.79. The first-order chi connectivity index (χ1) is 11.2. The molecule has 1 amide bonds. The van der Waals surface area contributed by atoms with Gasteiger partial charge in [0, 0.05) is 38.8 Å². The van der Waals surface area contributed by atoms with Crippen molar-refractivity contribution >= 4 is 11.8 Å². The Morgan fingerprint density at radius 1 is 1.38 bits per heavy atom. The van der Waals surface area contributed by atoms with Crippen LogP contribution in [0.1, 0.15) is 33.4 Å². The van der Waals surface area contributed by atoms with Gasteiger partial charge >= 0.3 is 0 Å². The molecule has 1 fully saturated rings. The molecule has 2 N–H and O–H groups in total. The number of hydrogen-bond acceptors (Lipinski definition) is 6. The van der Waals surface area contributed by atoms with Gasteiger partial charge in [-0.25, -0.2) is 0 Å². The lowest BCUT2D eigenvalue weighted by atomic mass is 9.89. The zero-order chi connectivity index (χ0) is 17.9. The lowest BCUT2D eigenvalue weighted by molar-refractivity contribution is -0.121. The van der Waals surface area contributed by atoms with Gasteiger partial charge in [0.1, 0.15) is 0 Å². The van der Waals surface area contributed by atoms with Gasteiger partial charge in [0.15, 0.2) is 0 Å². The molecule has 0 bridgehead atoms. The first-order valence-electron chi connectivity index (χ1n) is 8.55. The summed E-state index contributed by atoms with van der Waals surface area (Å²) in [6.07, 6.45) is -0.348. The summed E-state index contributed by atoms with van der Waals surface area (Å²) < 4.78 is 5.03. The molecule has 0 aliphatic carbocycles. The molecule has 0 saturated carbocycles. The van der Waals surface area contributed by atoms with Crippen LogP contribution in [0.25, 0.3) is 0 Å². The number of hydrogen-bond donors (Lipinski definition) is 2. The summed E-state index contributed by atoms with van der Waals surface area (Å²) in [6, 6.07) is 1.47. The average Bonchev–Trinajstić information content (AvgIpc) is 2.91. The van der Waals surface area contributed by atoms with E-state index >= 15 is 0 Å². The van der Waals surface area contributed by atoms with Crippen molar-refractivity contribution in [2.24, 2.45) is 5.41 Å². The third-order valence-corrected chi connectivity index (χ3v) is 4.64. The van der Waals surface area contributed by atoms with Gasteiger partial charge < -0.3 is 9.63 Å². The van der Waals surface area contributed by atoms with E-state index in [1.165, 1.54) is 0 Å². The number of amides is 1. The Labute approximate surface area is 144 Å². The summed E-state index contributed by atoms with van der Waals surface area (Å²) in [4.78, 5) is 16.7. The lowest BCUT2D eigenvalue weighted by Crippen LogP contribution is -2.54. The topological polar surface area (TPSA) is 81.8 Å². The van der Waals surface area contributed by atoms with Gasteiger partial charge in [-0.2, -0.15) is 0 Å². The van der Waals surface area contributed by atoms with Gasteiger partial charge in [0.2, 0.25) is 11.8 Å². The maximum atomic E-state index is 12.3. The van der Waals surface area contributed by atoms with Crippen molar-refractivity contribution in [2.75, 3.05) is 38.0 Å². The Morgan fingerprint density at radius 2 is 2.00 bits per heavy atom. The number of aliphatic hydroxyl groups is 1. The summed E-state index contributed by atoms with van der Waals surface area (Å²) in [5.41, 5.74) is 0.628. The summed E-state index contributed by atoms with van der Waals surface area (Å²) in [6.45, 7) is 13.9. The molecule has 0 spiro atoms. The number of anilines is 1. The van der Waals surface area contributed by atoms with Crippen molar-refractivity contribution in [3.63, 3.8) is 0 Å². The Morgan fingerprint density at radius 3 is 2.50 bits per heavy atom. The number of nitrogens with zero attached hydrogens (tertiary/aromatic N) is 3. The third kappa shape index (κ3) is 5.03. The van der Waals surface area contributed by atoms with Crippen molar-refractivity contribution in [2.45, 2.75) is 46.8 Å². The maximum absolute atomic E-state index is 12.3. The van der Waals surface area contributed by atoms with E-state index in [1.54, 1.807) is 6.07 Å². The van der Waals surface area contributed by atoms with Crippen molar-refractivity contribution in [1.82, 2.24) is 15.0 Å². The van der Waals surface area contributed by atoms with E-state index in [1.807, 2.05) is 34.6 Å². The minimum absolute atomic E-state index is 0.0886. The predicted octanol–water partition coefficient (Wildman–Crippen LogP) is 1.33. The van der Waals surface area contributed by atoms with Gasteiger partial charge in [0.05, 0.1) is 17.8 Å². The molecule has 24 heavy (non-hydrogen) atoms. The number of β-amino-alcohol motifs (C(OH)–C–C–N with tert-alkyl or cyclic N) is 1. The highest BCUT2D eigenvalue weighted by Crippen LogP contribution is 2.20. The quantitative estimate of drug-likeness (QED) is 0.843. The Hall–Kier alpha value is -1.44. The fraction of sp³-hybridized carbons (Fsp3) is 0.765. The number of aliphatic hydroxyl groups excluding tert-OH is 1. The molecular weight excluding hydrogens is 308 g/mol. The second kappa shape index (κ2) is 7.63. The molecule has 0 radical (unpaired) electrons. The zero-order valence-corrected chi connectivity index (χ0v) is 15.4. The highest BCUT2D eigenvalue weighted by molar-refractivity contribution is 5.93. The fourth-order valence-electron chi connectivity index (χ4n) is 2.67. The van der Waals surface area contributed by atoms with Crippen molar-refractivity contribution in [1.29, 1.82) is 0 Å². The molecular formula is C17H30N4O3. The van der Waals surface area contributed by atoms with Gasteiger partial charge in [-0.1, -0.05) is 25.9 Å². The first-order valence-corrected chi connectivity index (χ1v) is 8.55. The molecule has 0 aromatic carbocycles. The molecule has 1 aromatic heterocycles. The summed E-state index contributed by atoms with van der Waals surface area (Å²) in [7, 11) is 0. The minimum atomic E-state index is -0.348. The van der Waals surface area contributed by atoms with Crippen molar-refractivity contribution in [3.8, 4) is 0 Å². The maximum Gasteiger partial charge on any atom is 0.243 e. The van der Waals surface area contributed by atoms with Crippen LogP contribution in [0.2, 0.25) is 0 Å². The summed E-state index contributed by atoms with van der Waals surface area (Å²) >= 11 is 0. The standard InChI is InChI=1S/C17H30N4O3/c1-12-10-15(24-19-12)18-16(23)13(2)21-8-6-20(7-9-21)11-14(22)17(3,4)5/h10,13-14,22H,6-9,11H2,1-5H3,(H,18,23). The number of carbonyl (C=O) groups is 1. The molecule has 7 heteroatoms. The van der Waals surface area contributed by atoms with E-state index in [4.69, 9.17) is 4.52 Å². The molecule has 2 heterocycles. The van der Waals surface area contributed by atoms with Gasteiger partial charge in [-0.05, 0) is 19.3 Å². The molecule has 2 rings (SSSR count). The normalized spacial score (nSPS) is 19.9. The van der Waals surface area contributed by atoms with E-state index in [-0.39, 0.29) is 23.5 Å². The molecule has 1 aromatic rings. The van der Waals surface area contributed by atoms with E-state index in [2.05, 4.69) is 20.3 Å². The molecule has 2 unspecified atom stereocenters. The van der Waals surface area contributed by atoms with Crippen LogP contribution in [0.4, 0.5) is 5.88 Å². The van der Waals surface area contributed by atoms with Crippen LogP contribution in [0, 0.1) is 12.3 Å². The highest BCUT2D eigenvalue weighted by Gasteiger charge is 2.29. The van der Waals surface area contributed by atoms with Crippen LogP contribution in [-0.4, -0.2) is 70.8 Å². The molecule has 2 atom stereocenters. The van der Waals surface area contributed by atoms with Crippen molar-refractivity contribution < 1.29 is 14.4 Å². The van der Waals surface area contributed by atoms with Crippen LogP contribution in [0.3, 0.4) is 0 Å². The fourth-order valence-corrected chi connectivity index (χ4v) is 2.67. The number of aromatic nitrogens is 1. The third-order valence-electron chi connectivity index (χ3n) is 4.64. The SMILES string of the molecule is Cc1cc(NC(=O)C(C)N2CCN(CC(O)C(C)(C)C)CC2)on1. The molecule has 1 aliphatic rings. The number of rotatable bonds is 5. The summed E-state index contributed by atoms with van der Waals surface area (Å²) in [5.74, 6) is 0.297. The van der Waals surface area contributed by atoms with E-state index < -0.39 is 0 Å². The molecule has 1 aliphatic heterocycles. The van der Waals surface area contributed by atoms with Gasteiger partial charge in [-0.15, -0.1) is 0 Å². The Bertz CT molecular complexity index is 544. The number of aryl methyl sites for hydroxylation is 1. The monoisotopic (exact) mass is 338 g/mol. The van der Waals surface area contributed by atoms with Crippen LogP contribution in [-0.2, 0) is 4.79 Å². The van der Waals surface area contributed by atoms with Gasteiger partial charge in [0.25, 0.3) is 0 Å². The Kier molecular flexibility index (Phi) is 6.01. The van der Waals surface area contributed by atoms with Crippen LogP contribution in [0.5, 0.6) is 0 Å². The molecule has 7 nitrogen and oxygen atoms in total. The second-order valence-electron chi connectivity index (χ2n) is 7.72. The highest BCUT2D eigenvalue weighted by atomic mass is 16.5. The van der Waals surface area contributed by atoms with Crippen LogP contribution >= 0.6 is 0 Å². The zero-order valence-electron chi connectivity index (χ0n) is 15.4. The van der Waals surface area contributed by atoms with Crippen LogP contribution < -0.4 is 5.32 Å². The van der Waals surface area contributed by atoms with E-state index in [0.29, 0.717) is 12.4 Å². The lowest BCUT2D eigenvalue weighted by Gasteiger charge is -2.39. The second-order valence-corrected chi connectivity index (χ2v) is 7.72. The van der Waals surface area contributed by atoms with E-state index in [0.717, 1.165) is 31.9 Å². The molecule has 1 saturated heterocycles. The number of piperazine rings is 1. The van der Waals surface area contributed by atoms with Crippen LogP contribution in [0.15, 0.2) is 10.6 Å². The first kappa shape index (κ1) is 18.9. The average molecular weight is 338 g/mol. The smallest absolute Gasteiger partial charge is 0.243 e. The summed E-state index contributed by atoms with van der Waals surface area (Å²) in [5, 5.41) is 16.8. The van der Waals surface area contributed by atoms with Gasteiger partial charge in [-0.3, -0.25) is 19.9 Å². The minimum Gasteiger partial charge on any atom is -0.391 e. The largest absolute Gasteiger partial charge is 0.391 e. The van der Waals surface area contributed by atoms with Crippen molar-refractivity contribution in [3.05, 3.63) is 11.8 Å². The van der Waals surface area contributed by atoms with E-state index in [9.17, 15) is 9.90 Å². The number of nitrogens with one attached hydrogen (secondary N) is 1. The predicted molar refractivity (Wildman–Crippen MR) is 92.8 cm³/mol. The molecule has 136 valence electrons. The number of carbonyl (C=O) groups excluding carboxylic acids is 1.